The summed E-state index contributed by atoms with van der Waals surface area (Å²) in [6.45, 7) is 0.860. The number of halogens is 1. The molecular weight excluding hydrogens is 253 g/mol. The minimum Gasteiger partial charge on any atom is -0.478 e. The number of aromatic carboxylic acids is 1. The van der Waals surface area contributed by atoms with Crippen molar-refractivity contribution in [3.63, 3.8) is 0 Å². The van der Waals surface area contributed by atoms with Gasteiger partial charge in [0.25, 0.3) is 0 Å². The Balaban J connectivity index is 2.36. The maximum Gasteiger partial charge on any atom is 0.337 e. The molecule has 7 heteroatoms. The molecule has 1 atom stereocenters. The Hall–Kier alpha value is -2.33. The van der Waals surface area contributed by atoms with Gasteiger partial charge in [0.05, 0.1) is 30.5 Å². The second-order valence-corrected chi connectivity index (χ2v) is 4.13. The van der Waals surface area contributed by atoms with Crippen molar-refractivity contribution in [1.82, 2.24) is 0 Å². The van der Waals surface area contributed by atoms with Gasteiger partial charge >= 0.3 is 5.97 Å². The SMILES string of the molecule is N#CC1CN(c2cc(C(=O)O)c(N)cc2F)CCO1. The maximum atomic E-state index is 13.9. The van der Waals surface area contributed by atoms with Crippen LogP contribution in [0.15, 0.2) is 12.1 Å². The highest BCUT2D eigenvalue weighted by molar-refractivity contribution is 5.95. The third-order valence-electron chi connectivity index (χ3n) is 2.90. The highest BCUT2D eigenvalue weighted by Crippen LogP contribution is 2.27. The van der Waals surface area contributed by atoms with E-state index in [2.05, 4.69) is 0 Å². The maximum absolute atomic E-state index is 13.9. The molecule has 0 radical (unpaired) electrons. The van der Waals surface area contributed by atoms with Crippen molar-refractivity contribution in [3.05, 3.63) is 23.5 Å². The molecule has 1 unspecified atom stereocenters. The number of anilines is 2. The van der Waals surface area contributed by atoms with Gasteiger partial charge in [-0.05, 0) is 12.1 Å². The third kappa shape index (κ3) is 2.58. The van der Waals surface area contributed by atoms with E-state index in [4.69, 9.17) is 20.8 Å². The number of carboxylic acids is 1. The van der Waals surface area contributed by atoms with Crippen molar-refractivity contribution in [1.29, 1.82) is 5.26 Å². The number of nitrogen functional groups attached to an aromatic ring is 1. The minimum absolute atomic E-state index is 0.121. The second-order valence-electron chi connectivity index (χ2n) is 4.13. The van der Waals surface area contributed by atoms with Gasteiger partial charge in [0.1, 0.15) is 5.82 Å². The zero-order valence-corrected chi connectivity index (χ0v) is 9.97. The first kappa shape index (κ1) is 13.1. The fraction of sp³-hybridized carbons (Fsp3) is 0.333. The number of benzene rings is 1. The number of ether oxygens (including phenoxy) is 1. The Morgan fingerprint density at radius 1 is 1.63 bits per heavy atom. The average molecular weight is 265 g/mol. The lowest BCUT2D eigenvalue weighted by Gasteiger charge is -2.32. The van der Waals surface area contributed by atoms with Gasteiger partial charge in [0.2, 0.25) is 0 Å². The normalized spacial score (nSPS) is 18.9. The Kier molecular flexibility index (Phi) is 3.53. The molecule has 1 fully saturated rings. The summed E-state index contributed by atoms with van der Waals surface area (Å²) in [6.07, 6.45) is -0.654. The predicted octanol–water partition coefficient (Wildman–Crippen LogP) is 0.835. The van der Waals surface area contributed by atoms with Crippen LogP contribution < -0.4 is 10.6 Å². The standard InChI is InChI=1S/C12H12FN3O3/c13-9-4-10(15)8(12(17)18)3-11(9)16-1-2-19-7(5-14)6-16/h3-4,7H,1-2,6,15H2,(H,17,18). The molecule has 19 heavy (non-hydrogen) atoms. The van der Waals surface area contributed by atoms with Gasteiger partial charge in [0.15, 0.2) is 6.10 Å². The van der Waals surface area contributed by atoms with E-state index in [1.165, 1.54) is 6.07 Å². The number of hydrogen-bond acceptors (Lipinski definition) is 5. The average Bonchev–Trinajstić information content (AvgIpc) is 2.38. The van der Waals surface area contributed by atoms with E-state index in [1.54, 1.807) is 4.90 Å². The predicted molar refractivity (Wildman–Crippen MR) is 65.3 cm³/mol. The molecule has 0 spiro atoms. The van der Waals surface area contributed by atoms with E-state index < -0.39 is 17.9 Å². The van der Waals surface area contributed by atoms with Crippen LogP contribution in [0.1, 0.15) is 10.4 Å². The zero-order chi connectivity index (χ0) is 14.0. The van der Waals surface area contributed by atoms with E-state index >= 15 is 0 Å². The van der Waals surface area contributed by atoms with Gasteiger partial charge < -0.3 is 20.5 Å². The molecule has 100 valence electrons. The largest absolute Gasteiger partial charge is 0.478 e. The monoisotopic (exact) mass is 265 g/mol. The number of hydrogen-bond donors (Lipinski definition) is 2. The summed E-state index contributed by atoms with van der Waals surface area (Å²) >= 11 is 0. The van der Waals surface area contributed by atoms with Crippen LogP contribution >= 0.6 is 0 Å². The molecule has 1 aliphatic rings. The van der Waals surface area contributed by atoms with E-state index in [0.29, 0.717) is 6.54 Å². The molecule has 1 aliphatic heterocycles. The van der Waals surface area contributed by atoms with E-state index in [9.17, 15) is 9.18 Å². The topological polar surface area (TPSA) is 99.6 Å². The van der Waals surface area contributed by atoms with Crippen LogP contribution in [0.3, 0.4) is 0 Å². The van der Waals surface area contributed by atoms with Crippen LogP contribution in [0.5, 0.6) is 0 Å². The number of nitriles is 1. The Morgan fingerprint density at radius 3 is 3.00 bits per heavy atom. The fourth-order valence-electron chi connectivity index (χ4n) is 1.95. The number of nitrogens with zero attached hydrogens (tertiary/aromatic N) is 2. The number of carboxylic acid groups (broad SMARTS) is 1. The molecule has 0 aliphatic carbocycles. The van der Waals surface area contributed by atoms with Crippen LogP contribution in [0.4, 0.5) is 15.8 Å². The molecule has 1 aromatic carbocycles. The fourth-order valence-corrected chi connectivity index (χ4v) is 1.95. The van der Waals surface area contributed by atoms with E-state index in [-0.39, 0.29) is 30.1 Å². The van der Waals surface area contributed by atoms with Crippen molar-refractivity contribution in [3.8, 4) is 6.07 Å². The molecule has 2 rings (SSSR count). The highest BCUT2D eigenvalue weighted by Gasteiger charge is 2.24. The lowest BCUT2D eigenvalue weighted by atomic mass is 10.1. The van der Waals surface area contributed by atoms with Gasteiger partial charge in [-0.2, -0.15) is 5.26 Å². The van der Waals surface area contributed by atoms with Gasteiger partial charge in [0, 0.05) is 12.2 Å². The molecule has 1 saturated heterocycles. The van der Waals surface area contributed by atoms with Crippen molar-refractivity contribution >= 4 is 17.3 Å². The number of rotatable bonds is 2. The van der Waals surface area contributed by atoms with Crippen molar-refractivity contribution in [2.75, 3.05) is 30.3 Å². The molecule has 1 aromatic rings. The molecule has 0 aromatic heterocycles. The van der Waals surface area contributed by atoms with Crippen LogP contribution in [-0.2, 0) is 4.74 Å². The summed E-state index contributed by atoms with van der Waals surface area (Å²) in [6, 6.07) is 4.11. The Labute approximate surface area is 108 Å². The van der Waals surface area contributed by atoms with Gasteiger partial charge in [-0.3, -0.25) is 0 Å². The van der Waals surface area contributed by atoms with E-state index in [0.717, 1.165) is 6.07 Å². The lowest BCUT2D eigenvalue weighted by Crippen LogP contribution is -2.42. The first-order chi connectivity index (χ1) is 9.02. The van der Waals surface area contributed by atoms with Crippen LogP contribution in [-0.4, -0.2) is 36.9 Å². The highest BCUT2D eigenvalue weighted by atomic mass is 19.1. The van der Waals surface area contributed by atoms with Crippen molar-refractivity contribution in [2.24, 2.45) is 0 Å². The van der Waals surface area contributed by atoms with Crippen LogP contribution in [0, 0.1) is 17.1 Å². The van der Waals surface area contributed by atoms with Gasteiger partial charge in [-0.25, -0.2) is 9.18 Å². The molecule has 0 saturated carbocycles. The second kappa shape index (κ2) is 5.12. The van der Waals surface area contributed by atoms with Gasteiger partial charge in [-0.15, -0.1) is 0 Å². The van der Waals surface area contributed by atoms with Gasteiger partial charge in [-0.1, -0.05) is 0 Å². The lowest BCUT2D eigenvalue weighted by molar-refractivity contribution is 0.0698. The summed E-state index contributed by atoms with van der Waals surface area (Å²) in [5.74, 6) is -1.83. The Bertz CT molecular complexity index is 556. The summed E-state index contributed by atoms with van der Waals surface area (Å²) in [7, 11) is 0. The molecule has 3 N–H and O–H groups in total. The molecule has 1 heterocycles. The van der Waals surface area contributed by atoms with Crippen molar-refractivity contribution in [2.45, 2.75) is 6.10 Å². The first-order valence-corrected chi connectivity index (χ1v) is 5.61. The number of nitrogens with two attached hydrogens (primary N) is 1. The molecule has 0 amide bonds. The van der Waals surface area contributed by atoms with Crippen molar-refractivity contribution < 1.29 is 19.0 Å². The summed E-state index contributed by atoms with van der Waals surface area (Å²) in [5, 5.41) is 17.8. The zero-order valence-electron chi connectivity index (χ0n) is 9.97. The minimum atomic E-state index is -1.22. The third-order valence-corrected chi connectivity index (χ3v) is 2.90. The summed E-state index contributed by atoms with van der Waals surface area (Å²) < 4.78 is 19.0. The summed E-state index contributed by atoms with van der Waals surface area (Å²) in [5.41, 5.74) is 5.30. The first-order valence-electron chi connectivity index (χ1n) is 5.61. The van der Waals surface area contributed by atoms with Crippen LogP contribution in [0.25, 0.3) is 0 Å². The van der Waals surface area contributed by atoms with Crippen LogP contribution in [0.2, 0.25) is 0 Å². The number of carbonyl (C=O) groups is 1. The Morgan fingerprint density at radius 2 is 2.37 bits per heavy atom. The quantitative estimate of drug-likeness (QED) is 0.768. The van der Waals surface area contributed by atoms with E-state index in [1.807, 2.05) is 6.07 Å². The number of morpholine rings is 1. The molecule has 0 bridgehead atoms. The molecule has 6 nitrogen and oxygen atoms in total. The summed E-state index contributed by atoms with van der Waals surface area (Å²) in [4.78, 5) is 12.6. The smallest absolute Gasteiger partial charge is 0.337 e. The molecular formula is C12H12FN3O3.